The van der Waals surface area contributed by atoms with Gasteiger partial charge in [-0.05, 0) is 26.8 Å². The number of hydrogen-bond acceptors (Lipinski definition) is 14. The third-order valence-corrected chi connectivity index (χ3v) is 11.3. The molecule has 59 heavy (non-hydrogen) atoms. The van der Waals surface area contributed by atoms with Crippen molar-refractivity contribution in [3.05, 3.63) is 53.3 Å². The quantitative estimate of drug-likeness (QED) is 0.161. The second-order valence-corrected chi connectivity index (χ2v) is 15.4. The first-order valence-electron chi connectivity index (χ1n) is 19.6. The Balaban J connectivity index is 1.94. The number of nitrogens with zero attached hydrogens (tertiary/aromatic N) is 1. The number of allylic oxidation sites excluding steroid dienone is 2. The molecule has 2 aromatic carbocycles. The molecule has 9 atom stereocenters. The number of aliphatic hydroxyl groups excluding tert-OH is 3. The molecule has 2 aromatic rings. The first kappa shape index (κ1) is 46.5. The van der Waals surface area contributed by atoms with Crippen LogP contribution in [0, 0.1) is 30.6 Å². The molecule has 0 aromatic heterocycles. The second kappa shape index (κ2) is 19.3. The van der Waals surface area contributed by atoms with Crippen LogP contribution in [0.15, 0.2) is 42.2 Å². The summed E-state index contributed by atoms with van der Waals surface area (Å²) >= 11 is 0. The van der Waals surface area contributed by atoms with Crippen LogP contribution in [0.5, 0.6) is 23.0 Å². The van der Waals surface area contributed by atoms with Gasteiger partial charge in [-0.25, -0.2) is 0 Å². The van der Waals surface area contributed by atoms with Crippen molar-refractivity contribution in [1.29, 1.82) is 0 Å². The minimum absolute atomic E-state index is 0.0339. The largest absolute Gasteiger partial charge is 0.507 e. The standard InChI is InChI=1S/C43H58N2O14/c1-11-45(16-17-46)31(48)20-56-30-19-28-38(52)33-32(30)34-40(26(7)37(33)51)59-43(9,41(34)53)57-18-15-29(55-10)23(4)39(58-27(8)47)25(6)36(50)24(5)35(49)21(2)13-12-14-22(3)42(54)44-28/h12-15,18-19,21,23-25,29,35-36,39,46,49-52H,11,16-17,20H2,1-10H3,(H,44,54)/b13-12+,18-15+,22-14-/t21-,23-,24-,25-,29+,35-,36+,39-,43+/m1/s1. The van der Waals surface area contributed by atoms with Crippen molar-refractivity contribution >= 4 is 40.0 Å². The lowest BCUT2D eigenvalue weighted by molar-refractivity contribution is -0.160. The van der Waals surface area contributed by atoms with Crippen molar-refractivity contribution in [2.75, 3.05) is 38.7 Å². The van der Waals surface area contributed by atoms with Crippen molar-refractivity contribution in [3.8, 4) is 23.0 Å². The molecule has 5 bridgehead atoms. The van der Waals surface area contributed by atoms with E-state index in [1.807, 2.05) is 0 Å². The third-order valence-electron chi connectivity index (χ3n) is 11.3. The van der Waals surface area contributed by atoms with E-state index in [2.05, 4.69) is 5.32 Å². The molecule has 16 nitrogen and oxygen atoms in total. The summed E-state index contributed by atoms with van der Waals surface area (Å²) in [4.78, 5) is 54.8. The summed E-state index contributed by atoms with van der Waals surface area (Å²) < 4.78 is 29.6. The van der Waals surface area contributed by atoms with Crippen LogP contribution >= 0.6 is 0 Å². The second-order valence-electron chi connectivity index (χ2n) is 15.4. The molecular weight excluding hydrogens is 768 g/mol. The summed E-state index contributed by atoms with van der Waals surface area (Å²) in [5.41, 5.74) is -0.131. The Morgan fingerprint density at radius 3 is 2.27 bits per heavy atom. The van der Waals surface area contributed by atoms with Gasteiger partial charge in [-0.1, -0.05) is 45.9 Å². The van der Waals surface area contributed by atoms with E-state index >= 15 is 0 Å². The number of ether oxygens (including phenoxy) is 5. The van der Waals surface area contributed by atoms with Crippen LogP contribution in [0.3, 0.4) is 0 Å². The Labute approximate surface area is 344 Å². The Kier molecular flexibility index (Phi) is 15.2. The molecular formula is C43H58N2O14. The zero-order valence-corrected chi connectivity index (χ0v) is 35.3. The highest BCUT2D eigenvalue weighted by atomic mass is 16.7. The molecule has 0 fully saturated rings. The molecule has 0 radical (unpaired) electrons. The predicted octanol–water partition coefficient (Wildman–Crippen LogP) is 4.27. The fraction of sp³-hybridized carbons (Fsp3) is 0.535. The van der Waals surface area contributed by atoms with Crippen molar-refractivity contribution < 1.29 is 68.4 Å². The summed E-state index contributed by atoms with van der Waals surface area (Å²) in [5.74, 6) is -8.45. The molecule has 6 N–H and O–H groups in total. The molecule has 3 aliphatic heterocycles. The Bertz CT molecular complexity index is 2010. The average molecular weight is 827 g/mol. The van der Waals surface area contributed by atoms with Gasteiger partial charge in [0.25, 0.3) is 17.6 Å². The molecule has 16 heteroatoms. The highest BCUT2D eigenvalue weighted by molar-refractivity contribution is 6.21. The molecule has 0 saturated heterocycles. The maximum Gasteiger partial charge on any atom is 0.312 e. The number of aliphatic hydroxyl groups is 3. The molecule has 3 heterocycles. The number of nitrogens with one attached hydrogen (secondary N) is 1. The van der Waals surface area contributed by atoms with E-state index in [0.29, 0.717) is 0 Å². The van der Waals surface area contributed by atoms with E-state index in [4.69, 9.17) is 23.7 Å². The predicted molar refractivity (Wildman–Crippen MR) is 217 cm³/mol. The van der Waals surface area contributed by atoms with Crippen LogP contribution in [-0.2, 0) is 28.6 Å². The minimum atomic E-state index is -2.05. The summed E-state index contributed by atoms with van der Waals surface area (Å²) in [6.07, 6.45) is 3.47. The summed E-state index contributed by atoms with van der Waals surface area (Å²) in [7, 11) is 1.43. The van der Waals surface area contributed by atoms with Crippen LogP contribution in [0.4, 0.5) is 5.69 Å². The first-order valence-corrected chi connectivity index (χ1v) is 19.6. The average Bonchev–Trinajstić information content (AvgIpc) is 3.46. The van der Waals surface area contributed by atoms with Gasteiger partial charge in [0.15, 0.2) is 12.4 Å². The van der Waals surface area contributed by atoms with Gasteiger partial charge in [0.2, 0.25) is 0 Å². The number of phenolic OH excluding ortho intramolecular Hbond substituents is 2. The number of carbonyl (C=O) groups is 4. The van der Waals surface area contributed by atoms with Gasteiger partial charge in [-0.15, -0.1) is 0 Å². The number of benzene rings is 2. The number of amides is 2. The molecule has 3 aliphatic rings. The molecule has 0 spiro atoms. The smallest absolute Gasteiger partial charge is 0.312 e. The fourth-order valence-corrected chi connectivity index (χ4v) is 7.56. The van der Waals surface area contributed by atoms with E-state index in [0.717, 1.165) is 0 Å². The molecule has 0 aliphatic carbocycles. The number of phenols is 2. The summed E-state index contributed by atoms with van der Waals surface area (Å²) in [6, 6.07) is 1.22. The molecule has 5 rings (SSSR count). The lowest BCUT2D eigenvalue weighted by atomic mass is 9.78. The van der Waals surface area contributed by atoms with Crippen LogP contribution in [0.2, 0.25) is 0 Å². The van der Waals surface area contributed by atoms with Crippen molar-refractivity contribution in [2.24, 2.45) is 23.7 Å². The minimum Gasteiger partial charge on any atom is -0.507 e. The van der Waals surface area contributed by atoms with Crippen LogP contribution < -0.4 is 14.8 Å². The van der Waals surface area contributed by atoms with Gasteiger partial charge in [-0.3, -0.25) is 19.2 Å². The van der Waals surface area contributed by atoms with Gasteiger partial charge in [0, 0.05) is 80.3 Å². The van der Waals surface area contributed by atoms with Gasteiger partial charge in [0.1, 0.15) is 23.4 Å². The zero-order valence-electron chi connectivity index (χ0n) is 35.3. The number of rotatable bonds is 8. The van der Waals surface area contributed by atoms with Gasteiger partial charge < -0.3 is 59.4 Å². The highest BCUT2D eigenvalue weighted by Crippen LogP contribution is 2.54. The summed E-state index contributed by atoms with van der Waals surface area (Å²) in [6.45, 7) is 13.6. The molecule has 0 saturated carbocycles. The van der Waals surface area contributed by atoms with Crippen molar-refractivity contribution in [2.45, 2.75) is 92.5 Å². The maximum absolute atomic E-state index is 14.5. The van der Waals surface area contributed by atoms with Gasteiger partial charge >= 0.3 is 11.8 Å². The van der Waals surface area contributed by atoms with Gasteiger partial charge in [-0.2, -0.15) is 0 Å². The monoisotopic (exact) mass is 826 g/mol. The molecule has 0 unspecified atom stereocenters. The lowest BCUT2D eigenvalue weighted by Crippen LogP contribution is -2.46. The number of ketones is 1. The fourth-order valence-electron chi connectivity index (χ4n) is 7.56. The lowest BCUT2D eigenvalue weighted by Gasteiger charge is -2.38. The molecule has 324 valence electrons. The third kappa shape index (κ3) is 9.67. The van der Waals surface area contributed by atoms with E-state index in [-0.39, 0.29) is 64.4 Å². The van der Waals surface area contributed by atoms with Crippen LogP contribution in [-0.4, -0.2) is 118 Å². The molecule has 2 amide bonds. The van der Waals surface area contributed by atoms with Crippen molar-refractivity contribution in [3.63, 3.8) is 0 Å². The number of methoxy groups -OCH3 is 1. The Morgan fingerprint density at radius 2 is 1.66 bits per heavy atom. The number of Topliss-reactive ketones (excluding diaryl/α,β-unsaturated/α-hetero) is 1. The van der Waals surface area contributed by atoms with E-state index in [1.165, 1.54) is 64.2 Å². The van der Waals surface area contributed by atoms with E-state index < -0.39 is 95.5 Å². The number of carbonyl (C=O) groups excluding carboxylic acids is 4. The zero-order chi connectivity index (χ0) is 44.1. The number of fused-ring (bicyclic) bond motifs is 14. The number of hydrogen-bond donors (Lipinski definition) is 6. The number of esters is 1. The van der Waals surface area contributed by atoms with E-state index in [1.54, 1.807) is 46.8 Å². The maximum atomic E-state index is 14.5. The topological polar surface area (TPSA) is 231 Å². The number of likely N-dealkylation sites (N-methyl/N-ethyl adjacent to an activating group) is 1. The Hall–Kier alpha value is -5.16. The van der Waals surface area contributed by atoms with Crippen LogP contribution in [0.1, 0.15) is 71.3 Å². The number of anilines is 1. The van der Waals surface area contributed by atoms with E-state index in [9.17, 15) is 44.7 Å². The number of aromatic hydroxyl groups is 2. The Morgan fingerprint density at radius 1 is 0.983 bits per heavy atom. The summed E-state index contributed by atoms with van der Waals surface area (Å²) in [5, 5.41) is 57.7. The van der Waals surface area contributed by atoms with Crippen LogP contribution in [0.25, 0.3) is 10.8 Å². The highest BCUT2D eigenvalue weighted by Gasteiger charge is 2.49. The first-order chi connectivity index (χ1) is 27.7. The van der Waals surface area contributed by atoms with Gasteiger partial charge in [0.05, 0.1) is 47.8 Å². The van der Waals surface area contributed by atoms with Crippen molar-refractivity contribution in [1.82, 2.24) is 4.90 Å². The normalized spacial score (nSPS) is 29.8. The SMILES string of the molecule is CCN(CCO)C(=O)COc1cc2c(O)c3c(O)c(C)c4c(c13)C(=O)[C@@](C)(O/C=C/[C@H](OC)[C@@H](C)[C@@H](OC(C)=O)[C@H](C)[C@@H](O)[C@H](C)[C@H](O)[C@H](C)/C=C/C=C(/C)C(=O)N2)O4.